The number of hydrogen-bond donors (Lipinski definition) is 1. The molecule has 1 aliphatic rings. The van der Waals surface area contributed by atoms with E-state index < -0.39 is 0 Å². The van der Waals surface area contributed by atoms with Crippen molar-refractivity contribution in [1.82, 2.24) is 0 Å². The molecule has 18 heavy (non-hydrogen) atoms. The number of hydrogen-bond acceptors (Lipinski definition) is 4. The minimum atomic E-state index is -0.0990. The van der Waals surface area contributed by atoms with Gasteiger partial charge in [0.05, 0.1) is 13.2 Å². The van der Waals surface area contributed by atoms with Crippen molar-refractivity contribution in [2.45, 2.75) is 19.4 Å². The molecule has 0 aliphatic carbocycles. The van der Waals surface area contributed by atoms with Crippen molar-refractivity contribution >= 4 is 11.3 Å². The maximum Gasteiger partial charge on any atom is 0.104 e. The summed E-state index contributed by atoms with van der Waals surface area (Å²) in [5.74, 6) is 6.24. The van der Waals surface area contributed by atoms with Crippen molar-refractivity contribution in [3.63, 3.8) is 0 Å². The smallest absolute Gasteiger partial charge is 0.104 e. The zero-order valence-electron chi connectivity index (χ0n) is 10.4. The van der Waals surface area contributed by atoms with Crippen molar-refractivity contribution in [3.8, 4) is 11.8 Å². The highest BCUT2D eigenvalue weighted by atomic mass is 32.1. The fourth-order valence-electron chi connectivity index (χ4n) is 1.93. The summed E-state index contributed by atoms with van der Waals surface area (Å²) < 4.78 is 11.1. The molecule has 2 heterocycles. The Morgan fingerprint density at radius 3 is 3.06 bits per heavy atom. The lowest BCUT2D eigenvalue weighted by molar-refractivity contribution is 0.0163. The molecule has 0 radical (unpaired) electrons. The summed E-state index contributed by atoms with van der Waals surface area (Å²) in [6.45, 7) is 3.04. The third-order valence-electron chi connectivity index (χ3n) is 2.98. The van der Waals surface area contributed by atoms with Gasteiger partial charge in [-0.1, -0.05) is 11.8 Å². The lowest BCUT2D eigenvalue weighted by atomic mass is 10.0. The topological polar surface area (TPSA) is 38.7 Å². The van der Waals surface area contributed by atoms with Crippen LogP contribution < -0.4 is 0 Å². The Bertz CT molecular complexity index is 410. The first kappa shape index (κ1) is 13.6. The van der Waals surface area contributed by atoms with E-state index in [0.29, 0.717) is 12.5 Å². The molecule has 0 amide bonds. The van der Waals surface area contributed by atoms with Gasteiger partial charge >= 0.3 is 0 Å². The fourth-order valence-corrected chi connectivity index (χ4v) is 2.70. The molecule has 98 valence electrons. The Morgan fingerprint density at radius 1 is 1.44 bits per heavy atom. The molecule has 1 saturated heterocycles. The van der Waals surface area contributed by atoms with Crippen LogP contribution in [0.5, 0.6) is 0 Å². The minimum absolute atomic E-state index is 0.0990. The standard InChI is InChI=1S/C14H18O3S/c15-6-1-2-13-5-9-18-14(13)11-17-10-12-3-7-16-8-4-12/h5,9,12,15H,3-4,6-8,10-11H2. The Balaban J connectivity index is 1.77. The zero-order valence-corrected chi connectivity index (χ0v) is 11.2. The van der Waals surface area contributed by atoms with Crippen molar-refractivity contribution in [2.24, 2.45) is 5.92 Å². The molecule has 0 unspecified atom stereocenters. The average Bonchev–Trinajstić information content (AvgIpc) is 2.85. The molecule has 1 aromatic rings. The van der Waals surface area contributed by atoms with E-state index in [2.05, 4.69) is 11.8 Å². The van der Waals surface area contributed by atoms with E-state index in [1.807, 2.05) is 11.4 Å². The highest BCUT2D eigenvalue weighted by molar-refractivity contribution is 7.10. The van der Waals surface area contributed by atoms with Crippen molar-refractivity contribution < 1.29 is 14.6 Å². The summed E-state index contributed by atoms with van der Waals surface area (Å²) in [5.41, 5.74) is 0.973. The van der Waals surface area contributed by atoms with E-state index in [0.717, 1.165) is 43.1 Å². The van der Waals surface area contributed by atoms with Crippen LogP contribution in [0.1, 0.15) is 23.3 Å². The van der Waals surface area contributed by atoms with Gasteiger partial charge in [0.2, 0.25) is 0 Å². The zero-order chi connectivity index (χ0) is 12.6. The Hall–Kier alpha value is -0.860. The van der Waals surface area contributed by atoms with E-state index in [4.69, 9.17) is 14.6 Å². The molecule has 1 fully saturated rings. The molecule has 0 aromatic carbocycles. The van der Waals surface area contributed by atoms with Crippen LogP contribution in [-0.2, 0) is 16.1 Å². The predicted molar refractivity (Wildman–Crippen MR) is 71.5 cm³/mol. The number of ether oxygens (including phenoxy) is 2. The monoisotopic (exact) mass is 266 g/mol. The predicted octanol–water partition coefficient (Wildman–Crippen LogP) is 2.04. The van der Waals surface area contributed by atoms with Crippen LogP contribution in [0, 0.1) is 17.8 Å². The molecule has 1 aliphatic heterocycles. The quantitative estimate of drug-likeness (QED) is 0.848. The van der Waals surface area contributed by atoms with E-state index in [1.165, 1.54) is 0 Å². The Kier molecular flexibility index (Phi) is 5.69. The molecule has 3 nitrogen and oxygen atoms in total. The highest BCUT2D eigenvalue weighted by Crippen LogP contribution is 2.19. The van der Waals surface area contributed by atoms with Crippen molar-refractivity contribution in [2.75, 3.05) is 26.4 Å². The van der Waals surface area contributed by atoms with Crippen LogP contribution in [0.2, 0.25) is 0 Å². The van der Waals surface area contributed by atoms with Gasteiger partial charge in [0.1, 0.15) is 6.61 Å². The average molecular weight is 266 g/mol. The lowest BCUT2D eigenvalue weighted by Crippen LogP contribution is -2.20. The second-order valence-electron chi connectivity index (χ2n) is 4.29. The maximum absolute atomic E-state index is 8.69. The maximum atomic E-state index is 8.69. The normalized spacial score (nSPS) is 16.3. The fraction of sp³-hybridized carbons (Fsp3) is 0.571. The summed E-state index contributed by atoms with van der Waals surface area (Å²) in [6.07, 6.45) is 2.20. The van der Waals surface area contributed by atoms with Crippen LogP contribution in [0.3, 0.4) is 0 Å². The molecule has 0 atom stereocenters. The first-order valence-corrected chi connectivity index (χ1v) is 7.09. The molecule has 0 bridgehead atoms. The summed E-state index contributed by atoms with van der Waals surface area (Å²) in [4.78, 5) is 1.14. The second kappa shape index (κ2) is 7.55. The molecular weight excluding hydrogens is 248 g/mol. The van der Waals surface area contributed by atoms with Crippen LogP contribution in [0.15, 0.2) is 11.4 Å². The van der Waals surface area contributed by atoms with E-state index in [9.17, 15) is 0 Å². The largest absolute Gasteiger partial charge is 0.384 e. The van der Waals surface area contributed by atoms with Gasteiger partial charge in [-0.2, -0.15) is 0 Å². The van der Waals surface area contributed by atoms with Gasteiger partial charge in [-0.3, -0.25) is 0 Å². The van der Waals surface area contributed by atoms with E-state index in [1.54, 1.807) is 11.3 Å². The second-order valence-corrected chi connectivity index (χ2v) is 5.29. The Morgan fingerprint density at radius 2 is 2.28 bits per heavy atom. The van der Waals surface area contributed by atoms with Gasteiger partial charge in [0, 0.05) is 23.7 Å². The molecule has 2 rings (SSSR count). The lowest BCUT2D eigenvalue weighted by Gasteiger charge is -2.21. The molecular formula is C14H18O3S. The summed E-state index contributed by atoms with van der Waals surface area (Å²) in [6, 6.07) is 1.97. The number of aliphatic hydroxyl groups excluding tert-OH is 1. The van der Waals surface area contributed by atoms with Crippen LogP contribution >= 0.6 is 11.3 Å². The SMILES string of the molecule is OCC#Cc1ccsc1COCC1CCOCC1. The number of aliphatic hydroxyl groups is 1. The van der Waals surface area contributed by atoms with Crippen LogP contribution in [0.25, 0.3) is 0 Å². The number of thiophene rings is 1. The molecule has 0 spiro atoms. The van der Waals surface area contributed by atoms with Gasteiger partial charge < -0.3 is 14.6 Å². The first-order chi connectivity index (χ1) is 8.90. The van der Waals surface area contributed by atoms with Gasteiger partial charge in [-0.25, -0.2) is 0 Å². The van der Waals surface area contributed by atoms with Gasteiger partial charge in [-0.15, -0.1) is 11.3 Å². The van der Waals surface area contributed by atoms with Crippen LogP contribution in [-0.4, -0.2) is 31.5 Å². The Labute approximate surface area is 112 Å². The molecule has 1 aromatic heterocycles. The van der Waals surface area contributed by atoms with Crippen molar-refractivity contribution in [3.05, 3.63) is 21.9 Å². The van der Waals surface area contributed by atoms with Crippen molar-refractivity contribution in [1.29, 1.82) is 0 Å². The number of rotatable bonds is 4. The van der Waals surface area contributed by atoms with Gasteiger partial charge in [0.25, 0.3) is 0 Å². The summed E-state index contributed by atoms with van der Waals surface area (Å²) in [5, 5.41) is 10.7. The van der Waals surface area contributed by atoms with E-state index in [-0.39, 0.29) is 6.61 Å². The third-order valence-corrected chi connectivity index (χ3v) is 3.87. The van der Waals surface area contributed by atoms with Gasteiger partial charge in [-0.05, 0) is 30.2 Å². The minimum Gasteiger partial charge on any atom is -0.384 e. The summed E-state index contributed by atoms with van der Waals surface area (Å²) >= 11 is 1.65. The van der Waals surface area contributed by atoms with E-state index >= 15 is 0 Å². The first-order valence-electron chi connectivity index (χ1n) is 6.21. The summed E-state index contributed by atoms with van der Waals surface area (Å²) in [7, 11) is 0. The van der Waals surface area contributed by atoms with Crippen LogP contribution in [0.4, 0.5) is 0 Å². The highest BCUT2D eigenvalue weighted by Gasteiger charge is 2.14. The van der Waals surface area contributed by atoms with Gasteiger partial charge in [0.15, 0.2) is 0 Å². The third kappa shape index (κ3) is 4.11. The molecule has 1 N–H and O–H groups in total. The molecule has 0 saturated carbocycles. The molecule has 4 heteroatoms.